The lowest BCUT2D eigenvalue weighted by molar-refractivity contribution is 0.588. The molecule has 0 amide bonds. The van der Waals surface area contributed by atoms with Crippen molar-refractivity contribution in [2.75, 3.05) is 21.4 Å². The monoisotopic (exact) mass is 717 g/mol. The summed E-state index contributed by atoms with van der Waals surface area (Å²) < 4.78 is 2.33. The summed E-state index contributed by atoms with van der Waals surface area (Å²) in [5.74, 6) is 0.925. The van der Waals surface area contributed by atoms with E-state index in [1.807, 2.05) is 6.20 Å². The Morgan fingerprint density at radius 1 is 0.473 bits per heavy atom. The van der Waals surface area contributed by atoms with Crippen LogP contribution in [0.3, 0.4) is 0 Å². The van der Waals surface area contributed by atoms with Crippen molar-refractivity contribution in [3.63, 3.8) is 0 Å². The van der Waals surface area contributed by atoms with Gasteiger partial charge in [-0.15, -0.1) is 0 Å². The van der Waals surface area contributed by atoms with Crippen LogP contribution >= 0.6 is 0 Å². The fourth-order valence-corrected chi connectivity index (χ4v) is 7.97. The molecule has 5 nitrogen and oxygen atoms in total. The van der Waals surface area contributed by atoms with Crippen LogP contribution < -0.4 is 14.7 Å². The van der Waals surface area contributed by atoms with Gasteiger partial charge in [0.15, 0.2) is 0 Å². The molecule has 1 aliphatic heterocycles. The highest BCUT2D eigenvalue weighted by molar-refractivity contribution is 6.10. The summed E-state index contributed by atoms with van der Waals surface area (Å²) >= 11 is 0. The molecule has 5 heteroatoms. The van der Waals surface area contributed by atoms with Crippen LogP contribution in [0, 0.1) is 0 Å². The van der Waals surface area contributed by atoms with Crippen LogP contribution in [0.4, 0.5) is 39.8 Å². The molecule has 0 N–H and O–H groups in total. The molecule has 272 valence electrons. The van der Waals surface area contributed by atoms with Crippen molar-refractivity contribution < 1.29 is 0 Å². The van der Waals surface area contributed by atoms with Crippen LogP contribution in [0.2, 0.25) is 0 Å². The summed E-state index contributed by atoms with van der Waals surface area (Å²) in [5, 5.41) is 2.42. The standard InChI is InChI=1S/C50H47N5/c1-49(2,3)35-16-14-19-38(30-35)52-34-53(46-25-13-12-24-45(46)52)39-20-15-21-40(32-39)54(37-17-8-7-9-18-37)41-26-27-43-42-22-10-11-23-44(42)55(47(43)33-41)48-31-36(28-29-51-48)50(4,5)6/h7-33H,34H2,1-6H3. The molecule has 0 unspecified atom stereocenters. The van der Waals surface area contributed by atoms with Gasteiger partial charge in [0, 0.05) is 45.4 Å². The van der Waals surface area contributed by atoms with Gasteiger partial charge in [-0.3, -0.25) is 4.57 Å². The van der Waals surface area contributed by atoms with E-state index in [4.69, 9.17) is 4.98 Å². The van der Waals surface area contributed by atoms with E-state index >= 15 is 0 Å². The molecule has 0 aliphatic carbocycles. The van der Waals surface area contributed by atoms with Crippen molar-refractivity contribution in [1.29, 1.82) is 0 Å². The number of pyridine rings is 1. The van der Waals surface area contributed by atoms with Crippen LogP contribution in [-0.4, -0.2) is 16.2 Å². The molecule has 0 fully saturated rings. The third-order valence-corrected chi connectivity index (χ3v) is 10.9. The number of aromatic nitrogens is 2. The maximum absolute atomic E-state index is 4.95. The zero-order valence-electron chi connectivity index (χ0n) is 32.5. The number of fused-ring (bicyclic) bond motifs is 4. The fraction of sp³-hybridized carbons (Fsp3) is 0.180. The van der Waals surface area contributed by atoms with Crippen LogP contribution in [-0.2, 0) is 10.8 Å². The smallest absolute Gasteiger partial charge is 0.137 e. The molecule has 1 aliphatic rings. The Morgan fingerprint density at radius 3 is 1.78 bits per heavy atom. The SMILES string of the molecule is CC(C)(C)c1cccc(N2CN(c3cccc(N(c4ccccc4)c4ccc5c6ccccc6n(-c6cc(C(C)(C)C)ccn6)c5c4)c3)c3ccccc32)c1. The molecule has 0 bridgehead atoms. The van der Waals surface area contributed by atoms with Crippen LogP contribution in [0.25, 0.3) is 27.6 Å². The molecule has 2 aromatic heterocycles. The van der Waals surface area contributed by atoms with Gasteiger partial charge in [0.2, 0.25) is 0 Å². The Kier molecular flexibility index (Phi) is 8.27. The van der Waals surface area contributed by atoms with Gasteiger partial charge in [0.25, 0.3) is 0 Å². The second-order valence-corrected chi connectivity index (χ2v) is 16.7. The van der Waals surface area contributed by atoms with E-state index in [1.165, 1.54) is 39.0 Å². The number of para-hydroxylation sites is 4. The number of benzene rings is 6. The molecule has 3 heterocycles. The third kappa shape index (κ3) is 6.20. The molecular formula is C50H47N5. The first kappa shape index (κ1) is 34.4. The van der Waals surface area contributed by atoms with Gasteiger partial charge in [-0.25, -0.2) is 4.98 Å². The summed E-state index contributed by atoms with van der Waals surface area (Å²) in [7, 11) is 0. The maximum Gasteiger partial charge on any atom is 0.137 e. The lowest BCUT2D eigenvalue weighted by Gasteiger charge is -2.28. The molecule has 0 spiro atoms. The van der Waals surface area contributed by atoms with Crippen molar-refractivity contribution in [2.45, 2.75) is 52.4 Å². The van der Waals surface area contributed by atoms with Gasteiger partial charge in [0.05, 0.1) is 22.4 Å². The van der Waals surface area contributed by atoms with E-state index in [2.05, 4.69) is 219 Å². The maximum atomic E-state index is 4.95. The predicted molar refractivity (Wildman–Crippen MR) is 233 cm³/mol. The summed E-state index contributed by atoms with van der Waals surface area (Å²) in [6.07, 6.45) is 1.95. The predicted octanol–water partition coefficient (Wildman–Crippen LogP) is 13.5. The summed E-state index contributed by atoms with van der Waals surface area (Å²) in [5.41, 5.74) is 12.9. The fourth-order valence-electron chi connectivity index (χ4n) is 7.97. The molecule has 0 saturated heterocycles. The van der Waals surface area contributed by atoms with Crippen molar-refractivity contribution in [1.82, 2.24) is 9.55 Å². The van der Waals surface area contributed by atoms with Crippen molar-refractivity contribution in [2.24, 2.45) is 0 Å². The first-order valence-electron chi connectivity index (χ1n) is 19.2. The van der Waals surface area contributed by atoms with Gasteiger partial charge in [-0.2, -0.15) is 0 Å². The van der Waals surface area contributed by atoms with E-state index < -0.39 is 0 Å². The highest BCUT2D eigenvalue weighted by Crippen LogP contribution is 2.46. The quantitative estimate of drug-likeness (QED) is 0.171. The minimum Gasteiger partial charge on any atom is -0.321 e. The summed E-state index contributed by atoms with van der Waals surface area (Å²) in [6.45, 7) is 14.3. The van der Waals surface area contributed by atoms with Gasteiger partial charge in [0.1, 0.15) is 12.5 Å². The minimum atomic E-state index is 0.0000838. The zero-order chi connectivity index (χ0) is 37.9. The lowest BCUT2D eigenvalue weighted by Crippen LogP contribution is -2.24. The van der Waals surface area contributed by atoms with Crippen LogP contribution in [0.15, 0.2) is 164 Å². The highest BCUT2D eigenvalue weighted by atomic mass is 15.4. The first-order valence-corrected chi connectivity index (χ1v) is 19.2. The van der Waals surface area contributed by atoms with Gasteiger partial charge in [-0.1, -0.05) is 114 Å². The Labute approximate surface area is 324 Å². The van der Waals surface area contributed by atoms with Crippen LogP contribution in [0.5, 0.6) is 0 Å². The van der Waals surface area contributed by atoms with Crippen molar-refractivity contribution >= 4 is 61.6 Å². The average molecular weight is 718 g/mol. The molecular weight excluding hydrogens is 671 g/mol. The number of nitrogens with zero attached hydrogens (tertiary/aromatic N) is 5. The largest absolute Gasteiger partial charge is 0.321 e. The molecule has 6 aromatic carbocycles. The Balaban J connectivity index is 1.17. The van der Waals surface area contributed by atoms with Crippen molar-refractivity contribution in [3.8, 4) is 5.82 Å². The second-order valence-electron chi connectivity index (χ2n) is 16.7. The van der Waals surface area contributed by atoms with E-state index in [1.54, 1.807) is 0 Å². The number of hydrogen-bond donors (Lipinski definition) is 0. The van der Waals surface area contributed by atoms with Crippen LogP contribution in [0.1, 0.15) is 52.7 Å². The first-order chi connectivity index (χ1) is 26.5. The van der Waals surface area contributed by atoms with Crippen molar-refractivity contribution in [3.05, 3.63) is 175 Å². The second kappa shape index (κ2) is 13.2. The molecule has 55 heavy (non-hydrogen) atoms. The number of rotatable bonds is 6. The Hall–Kier alpha value is -6.33. The number of hydrogen-bond acceptors (Lipinski definition) is 4. The van der Waals surface area contributed by atoms with Gasteiger partial charge in [-0.05, 0) is 107 Å². The third-order valence-electron chi connectivity index (χ3n) is 10.9. The summed E-state index contributed by atoms with van der Waals surface area (Å²) in [6, 6.07) is 57.3. The highest BCUT2D eigenvalue weighted by Gasteiger charge is 2.29. The molecule has 0 saturated carbocycles. The number of anilines is 7. The molecule has 8 aromatic rings. The van der Waals surface area contributed by atoms with E-state index in [-0.39, 0.29) is 10.8 Å². The molecule has 0 atom stereocenters. The Bertz CT molecular complexity index is 2680. The van der Waals surface area contributed by atoms with E-state index in [0.717, 1.165) is 39.6 Å². The topological polar surface area (TPSA) is 27.5 Å². The molecule has 0 radical (unpaired) electrons. The molecule has 9 rings (SSSR count). The Morgan fingerprint density at radius 2 is 1.05 bits per heavy atom. The van der Waals surface area contributed by atoms with E-state index in [0.29, 0.717) is 6.67 Å². The zero-order valence-corrected chi connectivity index (χ0v) is 32.5. The normalized spacial score (nSPS) is 13.1. The van der Waals surface area contributed by atoms with Gasteiger partial charge >= 0.3 is 0 Å². The lowest BCUT2D eigenvalue weighted by atomic mass is 9.87. The average Bonchev–Trinajstić information content (AvgIpc) is 3.74. The van der Waals surface area contributed by atoms with Gasteiger partial charge < -0.3 is 14.7 Å². The minimum absolute atomic E-state index is 0.0000838. The summed E-state index contributed by atoms with van der Waals surface area (Å²) in [4.78, 5) is 12.2. The van der Waals surface area contributed by atoms with E-state index in [9.17, 15) is 0 Å².